The second-order valence-electron chi connectivity index (χ2n) is 7.09. The van der Waals surface area contributed by atoms with Crippen LogP contribution in [0.15, 0.2) is 0 Å². The van der Waals surface area contributed by atoms with E-state index >= 15 is 0 Å². The molecule has 0 bridgehead atoms. The summed E-state index contributed by atoms with van der Waals surface area (Å²) >= 11 is 0. The number of carbonyl (C=O) groups excluding carboxylic acids is 2. The third kappa shape index (κ3) is 4.68. The highest BCUT2D eigenvalue weighted by molar-refractivity contribution is 5.85. The topological polar surface area (TPSA) is 69.9 Å². The first kappa shape index (κ1) is 17.2. The maximum absolute atomic E-state index is 12.4. The fourth-order valence-electron chi connectivity index (χ4n) is 3.13. The van der Waals surface area contributed by atoms with E-state index in [9.17, 15) is 9.59 Å². The Kier molecular flexibility index (Phi) is 5.81. The number of likely N-dealkylation sites (tertiary alicyclic amines) is 1. The molecule has 2 saturated heterocycles. The molecule has 2 heterocycles. The van der Waals surface area contributed by atoms with Gasteiger partial charge in [-0.15, -0.1) is 0 Å². The van der Waals surface area contributed by atoms with Crippen LogP contribution in [0.5, 0.6) is 0 Å². The molecular formula is C16H30N4O2. The van der Waals surface area contributed by atoms with Crippen LogP contribution in [0.4, 0.5) is 0 Å². The highest BCUT2D eigenvalue weighted by Crippen LogP contribution is 2.12. The predicted molar refractivity (Wildman–Crippen MR) is 86.3 cm³/mol. The fourth-order valence-corrected chi connectivity index (χ4v) is 3.13. The Morgan fingerprint density at radius 2 is 1.41 bits per heavy atom. The summed E-state index contributed by atoms with van der Waals surface area (Å²) in [6.45, 7) is 8.59. The van der Waals surface area contributed by atoms with Crippen molar-refractivity contribution in [2.24, 2.45) is 5.73 Å². The zero-order valence-corrected chi connectivity index (χ0v) is 14.0. The Morgan fingerprint density at radius 3 is 1.91 bits per heavy atom. The molecule has 0 aromatic heterocycles. The third-order valence-corrected chi connectivity index (χ3v) is 4.53. The summed E-state index contributed by atoms with van der Waals surface area (Å²) in [6.07, 6.45) is 4.72. The summed E-state index contributed by atoms with van der Waals surface area (Å²) in [5.74, 6) is 0.229. The van der Waals surface area contributed by atoms with Crippen LogP contribution in [0, 0.1) is 0 Å². The first-order valence-electron chi connectivity index (χ1n) is 8.46. The van der Waals surface area contributed by atoms with Gasteiger partial charge in [-0.1, -0.05) is 12.8 Å². The van der Waals surface area contributed by atoms with Gasteiger partial charge in [0.15, 0.2) is 0 Å². The molecule has 2 aliphatic heterocycles. The highest BCUT2D eigenvalue weighted by Gasteiger charge is 2.30. The fraction of sp³-hybridized carbons (Fsp3) is 0.875. The van der Waals surface area contributed by atoms with Crippen LogP contribution in [-0.2, 0) is 9.59 Å². The van der Waals surface area contributed by atoms with Gasteiger partial charge in [0.05, 0.1) is 12.1 Å². The SMILES string of the molecule is CC(C)(N)C(=O)N1CCN(CC(=O)N2CCCCCC2)CC1. The molecule has 22 heavy (non-hydrogen) atoms. The normalized spacial score (nSPS) is 21.6. The molecule has 0 aliphatic carbocycles. The lowest BCUT2D eigenvalue weighted by atomic mass is 10.0. The molecule has 0 atom stereocenters. The van der Waals surface area contributed by atoms with Gasteiger partial charge in [0.1, 0.15) is 0 Å². The standard InChI is InChI=1S/C16H30N4O2/c1-16(2,17)15(22)20-11-9-18(10-12-20)13-14(21)19-7-5-3-4-6-8-19/h3-13,17H2,1-2H3. The quantitative estimate of drug-likeness (QED) is 0.812. The molecule has 2 amide bonds. The summed E-state index contributed by atoms with van der Waals surface area (Å²) in [7, 11) is 0. The van der Waals surface area contributed by atoms with E-state index in [2.05, 4.69) is 4.90 Å². The van der Waals surface area contributed by atoms with E-state index in [1.807, 2.05) is 9.80 Å². The molecule has 2 rings (SSSR count). The minimum absolute atomic E-state index is 0.00834. The van der Waals surface area contributed by atoms with Crippen LogP contribution >= 0.6 is 0 Å². The van der Waals surface area contributed by atoms with E-state index in [1.165, 1.54) is 12.8 Å². The average molecular weight is 310 g/mol. The lowest BCUT2D eigenvalue weighted by Crippen LogP contribution is -2.57. The van der Waals surface area contributed by atoms with Gasteiger partial charge < -0.3 is 15.5 Å². The van der Waals surface area contributed by atoms with Gasteiger partial charge in [-0.3, -0.25) is 14.5 Å². The van der Waals surface area contributed by atoms with Crippen LogP contribution in [0.1, 0.15) is 39.5 Å². The smallest absolute Gasteiger partial charge is 0.242 e. The van der Waals surface area contributed by atoms with Crippen molar-refractivity contribution in [2.45, 2.75) is 45.1 Å². The second kappa shape index (κ2) is 7.42. The molecule has 0 radical (unpaired) electrons. The van der Waals surface area contributed by atoms with Crippen molar-refractivity contribution in [2.75, 3.05) is 45.8 Å². The largest absolute Gasteiger partial charge is 0.342 e. The van der Waals surface area contributed by atoms with E-state index in [4.69, 9.17) is 5.73 Å². The first-order chi connectivity index (χ1) is 10.4. The Morgan fingerprint density at radius 1 is 0.864 bits per heavy atom. The minimum atomic E-state index is -0.815. The number of rotatable bonds is 3. The number of nitrogens with two attached hydrogens (primary N) is 1. The molecule has 0 saturated carbocycles. The van der Waals surface area contributed by atoms with Crippen molar-refractivity contribution in [3.05, 3.63) is 0 Å². The summed E-state index contributed by atoms with van der Waals surface area (Å²) in [4.78, 5) is 30.5. The second-order valence-corrected chi connectivity index (χ2v) is 7.09. The highest BCUT2D eigenvalue weighted by atomic mass is 16.2. The molecule has 0 aromatic carbocycles. The Hall–Kier alpha value is -1.14. The average Bonchev–Trinajstić information content (AvgIpc) is 2.75. The van der Waals surface area contributed by atoms with Gasteiger partial charge >= 0.3 is 0 Å². The van der Waals surface area contributed by atoms with Gasteiger partial charge in [0.25, 0.3) is 0 Å². The molecule has 2 aliphatic rings. The molecule has 6 heteroatoms. The predicted octanol–water partition coefficient (Wildman–Crippen LogP) is 0.271. The van der Waals surface area contributed by atoms with E-state index in [-0.39, 0.29) is 11.8 Å². The Labute approximate surface area is 133 Å². The Balaban J connectivity index is 1.77. The lowest BCUT2D eigenvalue weighted by molar-refractivity contribution is -0.138. The minimum Gasteiger partial charge on any atom is -0.342 e. The number of piperazine rings is 1. The summed E-state index contributed by atoms with van der Waals surface area (Å²) in [6, 6.07) is 0. The van der Waals surface area contributed by atoms with Crippen molar-refractivity contribution >= 4 is 11.8 Å². The zero-order valence-electron chi connectivity index (χ0n) is 14.0. The third-order valence-electron chi connectivity index (χ3n) is 4.53. The molecule has 126 valence electrons. The molecule has 0 spiro atoms. The van der Waals surface area contributed by atoms with Crippen molar-refractivity contribution < 1.29 is 9.59 Å². The van der Waals surface area contributed by atoms with Crippen molar-refractivity contribution in [3.8, 4) is 0 Å². The number of hydrogen-bond donors (Lipinski definition) is 1. The number of nitrogens with zero attached hydrogens (tertiary/aromatic N) is 3. The van der Waals surface area contributed by atoms with E-state index in [1.54, 1.807) is 13.8 Å². The van der Waals surface area contributed by atoms with Gasteiger partial charge in [-0.2, -0.15) is 0 Å². The van der Waals surface area contributed by atoms with Crippen LogP contribution in [0.3, 0.4) is 0 Å². The summed E-state index contributed by atoms with van der Waals surface area (Å²) in [5, 5.41) is 0. The molecule has 6 nitrogen and oxygen atoms in total. The number of hydrogen-bond acceptors (Lipinski definition) is 4. The van der Waals surface area contributed by atoms with Crippen LogP contribution in [0.25, 0.3) is 0 Å². The first-order valence-corrected chi connectivity index (χ1v) is 8.46. The maximum atomic E-state index is 12.4. The molecule has 0 unspecified atom stereocenters. The van der Waals surface area contributed by atoms with Gasteiger partial charge in [-0.25, -0.2) is 0 Å². The van der Waals surface area contributed by atoms with Crippen LogP contribution < -0.4 is 5.73 Å². The van der Waals surface area contributed by atoms with Crippen molar-refractivity contribution in [1.29, 1.82) is 0 Å². The van der Waals surface area contributed by atoms with Gasteiger partial charge in [0.2, 0.25) is 11.8 Å². The maximum Gasteiger partial charge on any atom is 0.242 e. The van der Waals surface area contributed by atoms with E-state index in [0.29, 0.717) is 19.6 Å². The van der Waals surface area contributed by atoms with Crippen LogP contribution in [-0.4, -0.2) is 77.9 Å². The number of amides is 2. The van der Waals surface area contributed by atoms with Crippen molar-refractivity contribution in [1.82, 2.24) is 14.7 Å². The monoisotopic (exact) mass is 310 g/mol. The van der Waals surface area contributed by atoms with E-state index < -0.39 is 5.54 Å². The molecular weight excluding hydrogens is 280 g/mol. The van der Waals surface area contributed by atoms with Crippen molar-refractivity contribution in [3.63, 3.8) is 0 Å². The van der Waals surface area contributed by atoms with E-state index in [0.717, 1.165) is 39.0 Å². The molecule has 2 N–H and O–H groups in total. The zero-order chi connectivity index (χ0) is 16.2. The van der Waals surface area contributed by atoms with Crippen LogP contribution in [0.2, 0.25) is 0 Å². The Bertz CT molecular complexity index is 389. The molecule has 0 aromatic rings. The molecule has 2 fully saturated rings. The van der Waals surface area contributed by atoms with Gasteiger partial charge in [-0.05, 0) is 26.7 Å². The number of carbonyl (C=O) groups is 2. The summed E-state index contributed by atoms with van der Waals surface area (Å²) in [5.41, 5.74) is 5.06. The lowest BCUT2D eigenvalue weighted by Gasteiger charge is -2.37. The summed E-state index contributed by atoms with van der Waals surface area (Å²) < 4.78 is 0. The van der Waals surface area contributed by atoms with Gasteiger partial charge in [0, 0.05) is 39.3 Å².